The second-order valence-electron chi connectivity index (χ2n) is 6.05. The third-order valence-corrected chi connectivity index (χ3v) is 3.12. The van der Waals surface area contributed by atoms with Gasteiger partial charge in [0.05, 0.1) is 6.61 Å². The fourth-order valence-corrected chi connectivity index (χ4v) is 2.03. The summed E-state index contributed by atoms with van der Waals surface area (Å²) < 4.78 is 5.11. The van der Waals surface area contributed by atoms with Crippen LogP contribution in [0.2, 0.25) is 0 Å². The number of nitrogens with zero attached hydrogens (tertiary/aromatic N) is 1. The topological polar surface area (TPSA) is 24.5 Å². The maximum Gasteiger partial charge on any atom is 0.0589 e. The Morgan fingerprint density at radius 1 is 1.24 bits per heavy atom. The predicted molar refractivity (Wildman–Crippen MR) is 76.0 cm³/mol. The predicted octanol–water partition coefficient (Wildman–Crippen LogP) is 2.15. The highest BCUT2D eigenvalue weighted by atomic mass is 35.5. The van der Waals surface area contributed by atoms with Gasteiger partial charge in [0, 0.05) is 26.2 Å². The first-order valence-electron chi connectivity index (χ1n) is 6.46. The smallest absolute Gasteiger partial charge is 0.0589 e. The van der Waals surface area contributed by atoms with Gasteiger partial charge in [-0.2, -0.15) is 0 Å². The highest BCUT2D eigenvalue weighted by Gasteiger charge is 2.20. The van der Waals surface area contributed by atoms with E-state index in [9.17, 15) is 0 Å². The highest BCUT2D eigenvalue weighted by Crippen LogP contribution is 2.14. The molecular weight excluding hydrogens is 236 g/mol. The van der Waals surface area contributed by atoms with Crippen LogP contribution in [-0.4, -0.2) is 50.8 Å². The Labute approximate surface area is 113 Å². The molecule has 1 N–H and O–H groups in total. The lowest BCUT2D eigenvalue weighted by molar-refractivity contribution is 0.124. The van der Waals surface area contributed by atoms with E-state index in [4.69, 9.17) is 4.74 Å². The van der Waals surface area contributed by atoms with Crippen LogP contribution >= 0.6 is 12.4 Å². The van der Waals surface area contributed by atoms with E-state index in [1.807, 2.05) is 0 Å². The minimum absolute atomic E-state index is 0. The van der Waals surface area contributed by atoms with Gasteiger partial charge in [-0.05, 0) is 31.3 Å². The van der Waals surface area contributed by atoms with Gasteiger partial charge in [0.2, 0.25) is 0 Å². The number of rotatable bonds is 5. The average Bonchev–Trinajstić information content (AvgIpc) is 2.24. The number of hydrogen-bond acceptors (Lipinski definition) is 3. The molecule has 0 aromatic heterocycles. The summed E-state index contributed by atoms with van der Waals surface area (Å²) in [5.74, 6) is 0. The second-order valence-corrected chi connectivity index (χ2v) is 6.05. The van der Waals surface area contributed by atoms with Crippen LogP contribution in [0.4, 0.5) is 0 Å². The number of hydrogen-bond donors (Lipinski definition) is 1. The highest BCUT2D eigenvalue weighted by molar-refractivity contribution is 5.85. The van der Waals surface area contributed by atoms with Gasteiger partial charge in [0.25, 0.3) is 0 Å². The Balaban J connectivity index is 0.00000256. The molecule has 104 valence electrons. The maximum atomic E-state index is 5.11. The molecule has 0 saturated carbocycles. The maximum absolute atomic E-state index is 5.11. The van der Waals surface area contributed by atoms with E-state index < -0.39 is 0 Å². The van der Waals surface area contributed by atoms with Crippen LogP contribution in [0.5, 0.6) is 0 Å². The minimum Gasteiger partial charge on any atom is -0.383 e. The lowest BCUT2D eigenvalue weighted by atomic mass is 9.95. The minimum atomic E-state index is 0. The van der Waals surface area contributed by atoms with Gasteiger partial charge in [0.15, 0.2) is 0 Å². The van der Waals surface area contributed by atoms with Gasteiger partial charge in [0.1, 0.15) is 0 Å². The molecule has 0 unspecified atom stereocenters. The Morgan fingerprint density at radius 2 is 1.82 bits per heavy atom. The summed E-state index contributed by atoms with van der Waals surface area (Å²) in [5, 5.41) is 3.68. The molecule has 17 heavy (non-hydrogen) atoms. The van der Waals surface area contributed by atoms with Gasteiger partial charge in [-0.15, -0.1) is 12.4 Å². The van der Waals surface area contributed by atoms with Crippen LogP contribution in [0.1, 0.15) is 33.6 Å². The molecule has 1 saturated heterocycles. The van der Waals surface area contributed by atoms with Crippen molar-refractivity contribution in [3.63, 3.8) is 0 Å². The van der Waals surface area contributed by atoms with Crippen LogP contribution in [-0.2, 0) is 4.74 Å². The molecular formula is C13H29ClN2O. The summed E-state index contributed by atoms with van der Waals surface area (Å²) in [5.41, 5.74) is 0.396. The molecule has 0 spiro atoms. The quantitative estimate of drug-likeness (QED) is 0.824. The standard InChI is InChI=1S/C13H28N2O.ClH/c1-13(2,3)11-14-12-5-7-15(8-6-12)9-10-16-4;/h12,14H,5-11H2,1-4H3;1H. The zero-order valence-electron chi connectivity index (χ0n) is 11.8. The third-order valence-electron chi connectivity index (χ3n) is 3.12. The molecule has 0 aromatic rings. The largest absolute Gasteiger partial charge is 0.383 e. The molecule has 1 rings (SSSR count). The summed E-state index contributed by atoms with van der Waals surface area (Å²) in [4.78, 5) is 2.50. The number of piperidine rings is 1. The first-order chi connectivity index (χ1) is 7.51. The molecule has 1 aliphatic rings. The third kappa shape index (κ3) is 7.98. The molecule has 1 heterocycles. The molecule has 1 fully saturated rings. The lowest BCUT2D eigenvalue weighted by Crippen LogP contribution is -2.45. The van der Waals surface area contributed by atoms with Crippen molar-refractivity contribution >= 4 is 12.4 Å². The summed E-state index contributed by atoms with van der Waals surface area (Å²) in [6.07, 6.45) is 2.56. The number of methoxy groups -OCH3 is 1. The van der Waals surface area contributed by atoms with Crippen LogP contribution in [0.15, 0.2) is 0 Å². The van der Waals surface area contributed by atoms with Crippen LogP contribution in [0.25, 0.3) is 0 Å². The molecule has 3 nitrogen and oxygen atoms in total. The first-order valence-corrected chi connectivity index (χ1v) is 6.46. The summed E-state index contributed by atoms with van der Waals surface area (Å²) >= 11 is 0. The normalized spacial score (nSPS) is 19.1. The Kier molecular flexibility index (Phi) is 8.39. The van der Waals surface area contributed by atoms with E-state index >= 15 is 0 Å². The summed E-state index contributed by atoms with van der Waals surface area (Å²) in [6, 6.07) is 0.720. The number of likely N-dealkylation sites (tertiary alicyclic amines) is 1. The van der Waals surface area contributed by atoms with Crippen molar-refractivity contribution < 1.29 is 4.74 Å². The molecule has 0 bridgehead atoms. The molecule has 0 aromatic carbocycles. The van der Waals surface area contributed by atoms with Crippen molar-refractivity contribution in [2.24, 2.45) is 5.41 Å². The molecule has 4 heteroatoms. The van der Waals surface area contributed by atoms with E-state index in [1.54, 1.807) is 7.11 Å². The Morgan fingerprint density at radius 3 is 2.29 bits per heavy atom. The Bertz CT molecular complexity index is 186. The van der Waals surface area contributed by atoms with Gasteiger partial charge in [-0.25, -0.2) is 0 Å². The van der Waals surface area contributed by atoms with Crippen molar-refractivity contribution in [1.29, 1.82) is 0 Å². The lowest BCUT2D eigenvalue weighted by Gasteiger charge is -2.33. The molecule has 1 aliphatic heterocycles. The van der Waals surface area contributed by atoms with Crippen LogP contribution in [0, 0.1) is 5.41 Å². The SMILES string of the molecule is COCCN1CCC(NCC(C)(C)C)CC1.Cl. The zero-order valence-corrected chi connectivity index (χ0v) is 12.6. The van der Waals surface area contributed by atoms with E-state index in [1.165, 1.54) is 25.9 Å². The van der Waals surface area contributed by atoms with Crippen molar-refractivity contribution in [3.8, 4) is 0 Å². The molecule has 0 radical (unpaired) electrons. The monoisotopic (exact) mass is 264 g/mol. The first kappa shape index (κ1) is 17.2. The van der Waals surface area contributed by atoms with Crippen LogP contribution in [0.3, 0.4) is 0 Å². The van der Waals surface area contributed by atoms with Crippen LogP contribution < -0.4 is 5.32 Å². The molecule has 0 aliphatic carbocycles. The van der Waals surface area contributed by atoms with Gasteiger partial charge < -0.3 is 15.0 Å². The number of halogens is 1. The average molecular weight is 265 g/mol. The second kappa shape index (κ2) is 8.30. The zero-order chi connectivity index (χ0) is 12.0. The van der Waals surface area contributed by atoms with Crippen molar-refractivity contribution in [2.75, 3.05) is 39.9 Å². The van der Waals surface area contributed by atoms with Crippen molar-refractivity contribution in [2.45, 2.75) is 39.7 Å². The van der Waals surface area contributed by atoms with Gasteiger partial charge >= 0.3 is 0 Å². The van der Waals surface area contributed by atoms with Crippen molar-refractivity contribution in [1.82, 2.24) is 10.2 Å². The molecule has 0 atom stereocenters. The Hall–Kier alpha value is 0.170. The summed E-state index contributed by atoms with van der Waals surface area (Å²) in [7, 11) is 1.78. The van der Waals surface area contributed by atoms with E-state index in [0.717, 1.165) is 25.7 Å². The van der Waals surface area contributed by atoms with E-state index in [-0.39, 0.29) is 12.4 Å². The number of nitrogens with one attached hydrogen (secondary N) is 1. The van der Waals surface area contributed by atoms with E-state index in [2.05, 4.69) is 31.0 Å². The number of ether oxygens (including phenoxy) is 1. The molecule has 0 amide bonds. The summed E-state index contributed by atoms with van der Waals surface area (Å²) in [6.45, 7) is 12.4. The van der Waals surface area contributed by atoms with Crippen molar-refractivity contribution in [3.05, 3.63) is 0 Å². The van der Waals surface area contributed by atoms with Gasteiger partial charge in [-0.1, -0.05) is 20.8 Å². The van der Waals surface area contributed by atoms with E-state index in [0.29, 0.717) is 5.41 Å². The van der Waals surface area contributed by atoms with Gasteiger partial charge in [-0.3, -0.25) is 0 Å². The fraction of sp³-hybridized carbons (Fsp3) is 1.00. The fourth-order valence-electron chi connectivity index (χ4n) is 2.03.